The summed E-state index contributed by atoms with van der Waals surface area (Å²) in [6.45, 7) is 3.96. The zero-order valence-corrected chi connectivity index (χ0v) is 9.12. The summed E-state index contributed by atoms with van der Waals surface area (Å²) >= 11 is 1.73. The molecule has 2 nitrogen and oxygen atoms in total. The van der Waals surface area contributed by atoms with Crippen molar-refractivity contribution in [3.63, 3.8) is 0 Å². The molecule has 0 N–H and O–H groups in total. The normalized spacial score (nSPS) is 26.6. The number of ether oxygens (including phenoxy) is 1. The van der Waals surface area contributed by atoms with Crippen molar-refractivity contribution >= 4 is 17.7 Å². The molecule has 0 aromatic heterocycles. The highest BCUT2D eigenvalue weighted by atomic mass is 32.2. The van der Waals surface area contributed by atoms with E-state index in [0.29, 0.717) is 0 Å². The Balaban J connectivity index is 2.23. The van der Waals surface area contributed by atoms with Crippen LogP contribution in [0.2, 0.25) is 0 Å². The Morgan fingerprint density at radius 2 is 2.00 bits per heavy atom. The summed E-state index contributed by atoms with van der Waals surface area (Å²) < 4.78 is 5.45. The number of rotatable bonds is 1. The Morgan fingerprint density at radius 3 is 2.64 bits per heavy atom. The Kier molecular flexibility index (Phi) is 2.77. The van der Waals surface area contributed by atoms with Gasteiger partial charge in [-0.15, -0.1) is 0 Å². The third-order valence-corrected chi connectivity index (χ3v) is 3.16. The van der Waals surface area contributed by atoms with E-state index in [1.165, 1.54) is 5.56 Å². The molecule has 0 amide bonds. The predicted molar refractivity (Wildman–Crippen MR) is 60.4 cm³/mol. The van der Waals surface area contributed by atoms with Crippen molar-refractivity contribution in [3.05, 3.63) is 35.9 Å². The van der Waals surface area contributed by atoms with Crippen LogP contribution < -0.4 is 0 Å². The van der Waals surface area contributed by atoms with Gasteiger partial charge in [-0.2, -0.15) is 0 Å². The van der Waals surface area contributed by atoms with Crippen LogP contribution in [0, 0.1) is 0 Å². The van der Waals surface area contributed by atoms with Crippen LogP contribution in [0.4, 0.5) is 0 Å². The summed E-state index contributed by atoms with van der Waals surface area (Å²) in [7, 11) is 0. The van der Waals surface area contributed by atoms with Crippen LogP contribution in [0.15, 0.2) is 35.3 Å². The average molecular weight is 207 g/mol. The van der Waals surface area contributed by atoms with Gasteiger partial charge in [-0.25, -0.2) is 4.99 Å². The molecule has 0 saturated carbocycles. The van der Waals surface area contributed by atoms with E-state index in [-0.39, 0.29) is 10.8 Å². The van der Waals surface area contributed by atoms with Gasteiger partial charge in [0.25, 0.3) is 0 Å². The zero-order chi connectivity index (χ0) is 9.97. The maximum absolute atomic E-state index is 5.45. The van der Waals surface area contributed by atoms with E-state index < -0.39 is 0 Å². The van der Waals surface area contributed by atoms with E-state index in [2.05, 4.69) is 24.0 Å². The molecule has 2 unspecified atom stereocenters. The van der Waals surface area contributed by atoms with Crippen molar-refractivity contribution in [3.8, 4) is 0 Å². The Labute approximate surface area is 88.4 Å². The SMILES string of the molecule is CC1=NC(c2ccccc2)SC(C)O1. The number of hydrogen-bond acceptors (Lipinski definition) is 3. The fraction of sp³-hybridized carbons (Fsp3) is 0.364. The molecule has 0 radical (unpaired) electrons. The van der Waals surface area contributed by atoms with Crippen LogP contribution in [0.25, 0.3) is 0 Å². The molecule has 2 atom stereocenters. The lowest BCUT2D eigenvalue weighted by Crippen LogP contribution is -2.16. The first-order valence-corrected chi connectivity index (χ1v) is 5.61. The van der Waals surface area contributed by atoms with Gasteiger partial charge in [0.15, 0.2) is 5.90 Å². The molecule has 1 aromatic carbocycles. The van der Waals surface area contributed by atoms with Gasteiger partial charge in [-0.1, -0.05) is 42.1 Å². The second-order valence-corrected chi connectivity index (χ2v) is 4.62. The van der Waals surface area contributed by atoms with Crippen molar-refractivity contribution < 1.29 is 4.74 Å². The summed E-state index contributed by atoms with van der Waals surface area (Å²) in [6.07, 6.45) is 0. The van der Waals surface area contributed by atoms with Crippen molar-refractivity contribution in [1.82, 2.24) is 0 Å². The maximum atomic E-state index is 5.45. The van der Waals surface area contributed by atoms with E-state index in [0.717, 1.165) is 5.90 Å². The molecule has 1 aliphatic rings. The van der Waals surface area contributed by atoms with Crippen molar-refractivity contribution in [1.29, 1.82) is 0 Å². The average Bonchev–Trinajstić information content (AvgIpc) is 2.18. The van der Waals surface area contributed by atoms with Gasteiger partial charge in [-0.05, 0) is 12.5 Å². The highest BCUT2D eigenvalue weighted by molar-refractivity contribution is 8.00. The summed E-state index contributed by atoms with van der Waals surface area (Å²) in [5.41, 5.74) is 1.43. The van der Waals surface area contributed by atoms with Gasteiger partial charge < -0.3 is 4.74 Å². The van der Waals surface area contributed by atoms with E-state index in [1.54, 1.807) is 11.8 Å². The first-order chi connectivity index (χ1) is 6.75. The number of aliphatic imine (C=N–C) groups is 1. The lowest BCUT2D eigenvalue weighted by Gasteiger charge is -2.24. The molecule has 2 rings (SSSR count). The highest BCUT2D eigenvalue weighted by Crippen LogP contribution is 2.37. The fourth-order valence-corrected chi connectivity index (χ4v) is 2.53. The summed E-state index contributed by atoms with van der Waals surface area (Å²) in [6, 6.07) is 10.3. The molecule has 74 valence electrons. The van der Waals surface area contributed by atoms with Crippen molar-refractivity contribution in [2.75, 3.05) is 0 Å². The smallest absolute Gasteiger partial charge is 0.182 e. The van der Waals surface area contributed by atoms with E-state index in [4.69, 9.17) is 4.74 Å². The van der Waals surface area contributed by atoms with Crippen LogP contribution in [-0.2, 0) is 4.74 Å². The minimum atomic E-state index is 0.192. The molecule has 0 aliphatic carbocycles. The number of thioether (sulfide) groups is 1. The third kappa shape index (κ3) is 2.10. The largest absolute Gasteiger partial charge is 0.467 e. The minimum Gasteiger partial charge on any atom is -0.467 e. The molecule has 1 aromatic rings. The molecule has 0 spiro atoms. The fourth-order valence-electron chi connectivity index (χ4n) is 1.45. The number of hydrogen-bond donors (Lipinski definition) is 0. The second-order valence-electron chi connectivity index (χ2n) is 3.23. The van der Waals surface area contributed by atoms with E-state index >= 15 is 0 Å². The third-order valence-electron chi connectivity index (χ3n) is 2.04. The Morgan fingerprint density at radius 1 is 1.29 bits per heavy atom. The molecular weight excluding hydrogens is 194 g/mol. The Hall–Kier alpha value is -0.960. The van der Waals surface area contributed by atoms with Crippen LogP contribution in [0.3, 0.4) is 0 Å². The molecule has 1 heterocycles. The van der Waals surface area contributed by atoms with Crippen molar-refractivity contribution in [2.24, 2.45) is 4.99 Å². The second kappa shape index (κ2) is 4.05. The van der Waals surface area contributed by atoms with Gasteiger partial charge in [-0.3, -0.25) is 0 Å². The van der Waals surface area contributed by atoms with Crippen molar-refractivity contribution in [2.45, 2.75) is 24.7 Å². The quantitative estimate of drug-likeness (QED) is 0.705. The maximum Gasteiger partial charge on any atom is 0.182 e. The van der Waals surface area contributed by atoms with Crippen LogP contribution in [0.5, 0.6) is 0 Å². The lowest BCUT2D eigenvalue weighted by molar-refractivity contribution is 0.283. The first kappa shape index (κ1) is 9.59. The van der Waals surface area contributed by atoms with Gasteiger partial charge in [0.05, 0.1) is 0 Å². The van der Waals surface area contributed by atoms with Crippen LogP contribution in [-0.4, -0.2) is 11.3 Å². The number of benzene rings is 1. The lowest BCUT2D eigenvalue weighted by atomic mass is 10.2. The van der Waals surface area contributed by atoms with Gasteiger partial charge >= 0.3 is 0 Å². The topological polar surface area (TPSA) is 21.6 Å². The summed E-state index contributed by atoms with van der Waals surface area (Å²) in [4.78, 5) is 4.46. The van der Waals surface area contributed by atoms with E-state index in [9.17, 15) is 0 Å². The summed E-state index contributed by atoms with van der Waals surface area (Å²) in [5, 5.41) is 0.194. The van der Waals surface area contributed by atoms with Gasteiger partial charge in [0, 0.05) is 6.92 Å². The molecular formula is C11H13NOS. The highest BCUT2D eigenvalue weighted by Gasteiger charge is 2.21. The van der Waals surface area contributed by atoms with Crippen LogP contribution in [0.1, 0.15) is 24.8 Å². The van der Waals surface area contributed by atoms with Gasteiger partial charge in [0.2, 0.25) is 0 Å². The predicted octanol–water partition coefficient (Wildman–Crippen LogP) is 3.21. The molecule has 3 heteroatoms. The van der Waals surface area contributed by atoms with E-state index in [1.807, 2.05) is 25.1 Å². The molecule has 0 saturated heterocycles. The molecule has 0 fully saturated rings. The molecule has 1 aliphatic heterocycles. The summed E-state index contributed by atoms with van der Waals surface area (Å²) in [5.74, 6) is 0.783. The molecule has 0 bridgehead atoms. The standard InChI is InChI=1S/C11H13NOS/c1-8-12-11(14-9(2)13-8)10-6-4-3-5-7-10/h3-7,9,11H,1-2H3. The number of nitrogens with zero attached hydrogens (tertiary/aromatic N) is 1. The monoisotopic (exact) mass is 207 g/mol. The minimum absolute atomic E-state index is 0.192. The zero-order valence-electron chi connectivity index (χ0n) is 8.31. The Bertz CT molecular complexity index is 336. The van der Waals surface area contributed by atoms with Crippen LogP contribution >= 0.6 is 11.8 Å². The van der Waals surface area contributed by atoms with Gasteiger partial charge in [0.1, 0.15) is 10.8 Å². The first-order valence-electron chi connectivity index (χ1n) is 4.67. The molecule has 14 heavy (non-hydrogen) atoms.